The third kappa shape index (κ3) is 2.90. The molecule has 96 valence electrons. The van der Waals surface area contributed by atoms with Crippen LogP contribution in [-0.4, -0.2) is 5.16 Å². The molecule has 0 unspecified atom stereocenters. The number of nitrogens with zero attached hydrogens (tertiary/aromatic N) is 1. The van der Waals surface area contributed by atoms with Gasteiger partial charge in [-0.2, -0.15) is 0 Å². The minimum atomic E-state index is 0.541. The summed E-state index contributed by atoms with van der Waals surface area (Å²) in [6, 6.07) is 19.0. The van der Waals surface area contributed by atoms with E-state index >= 15 is 0 Å². The smallest absolute Gasteiger partial charge is 0.210 e. The lowest BCUT2D eigenvalue weighted by Crippen LogP contribution is -1.75. The summed E-state index contributed by atoms with van der Waals surface area (Å²) < 4.78 is 5.21. The van der Waals surface area contributed by atoms with Crippen molar-refractivity contribution in [2.45, 2.75) is 0 Å². The molecule has 3 heteroatoms. The van der Waals surface area contributed by atoms with E-state index in [1.807, 2.05) is 60.7 Å². The van der Waals surface area contributed by atoms with Gasteiger partial charge in [0.25, 0.3) is 0 Å². The lowest BCUT2D eigenvalue weighted by molar-refractivity contribution is 0.413. The van der Waals surface area contributed by atoms with E-state index in [-0.39, 0.29) is 0 Å². The van der Waals surface area contributed by atoms with E-state index in [4.69, 9.17) is 16.1 Å². The van der Waals surface area contributed by atoms with E-state index in [1.54, 1.807) is 0 Å². The Morgan fingerprint density at radius 2 is 1.65 bits per heavy atom. The quantitative estimate of drug-likeness (QED) is 0.617. The maximum absolute atomic E-state index is 5.86. The van der Waals surface area contributed by atoms with Gasteiger partial charge in [0, 0.05) is 22.2 Å². The van der Waals surface area contributed by atoms with E-state index in [9.17, 15) is 0 Å². The molecule has 3 aromatic rings. The second kappa shape index (κ2) is 5.64. The predicted molar refractivity (Wildman–Crippen MR) is 79.4 cm³/mol. The van der Waals surface area contributed by atoms with Crippen LogP contribution < -0.4 is 0 Å². The largest absolute Gasteiger partial charge is 0.347 e. The summed E-state index contributed by atoms with van der Waals surface area (Å²) in [5, 5.41) is 4.70. The van der Waals surface area contributed by atoms with E-state index in [2.05, 4.69) is 17.0 Å². The van der Waals surface area contributed by atoms with Crippen molar-refractivity contribution in [2.24, 2.45) is 0 Å². The molecule has 0 aliphatic rings. The summed E-state index contributed by atoms with van der Waals surface area (Å²) in [6.07, 6.45) is 0. The molecule has 0 aliphatic heterocycles. The topological polar surface area (TPSA) is 26.0 Å². The molecule has 0 N–H and O–H groups in total. The second-order valence-electron chi connectivity index (χ2n) is 4.20. The molecule has 0 aliphatic carbocycles. The molecule has 1 heterocycles. The minimum absolute atomic E-state index is 0.541. The molecule has 0 bridgehead atoms. The molecule has 20 heavy (non-hydrogen) atoms. The highest BCUT2D eigenvalue weighted by Crippen LogP contribution is 2.20. The van der Waals surface area contributed by atoms with E-state index < -0.39 is 0 Å². The first-order valence-electron chi connectivity index (χ1n) is 6.11. The maximum Gasteiger partial charge on any atom is 0.210 e. The Bertz CT molecular complexity index is 764. The fourth-order valence-electron chi connectivity index (χ4n) is 1.75. The highest BCUT2D eigenvalue weighted by atomic mass is 35.5. The molecule has 0 atom stereocenters. The van der Waals surface area contributed by atoms with Crippen molar-refractivity contribution in [2.75, 3.05) is 0 Å². The third-order valence-corrected chi connectivity index (χ3v) is 3.01. The van der Waals surface area contributed by atoms with Crippen LogP contribution in [0.3, 0.4) is 0 Å². The van der Waals surface area contributed by atoms with Crippen LogP contribution >= 0.6 is 11.6 Å². The molecule has 0 spiro atoms. The van der Waals surface area contributed by atoms with E-state index in [0.29, 0.717) is 10.8 Å². The number of hydrogen-bond acceptors (Lipinski definition) is 2. The highest BCUT2D eigenvalue weighted by Gasteiger charge is 2.04. The SMILES string of the molecule is Clc1ccc(-c2cc(C#Cc3ccccc3)on2)cc1. The number of benzene rings is 2. The van der Waals surface area contributed by atoms with Crippen LogP contribution in [0.1, 0.15) is 11.3 Å². The van der Waals surface area contributed by atoms with Gasteiger partial charge in [-0.15, -0.1) is 0 Å². The minimum Gasteiger partial charge on any atom is -0.347 e. The first kappa shape index (κ1) is 12.5. The lowest BCUT2D eigenvalue weighted by Gasteiger charge is -1.93. The molecule has 0 radical (unpaired) electrons. The highest BCUT2D eigenvalue weighted by molar-refractivity contribution is 6.30. The molecule has 0 amide bonds. The van der Waals surface area contributed by atoms with Crippen molar-refractivity contribution >= 4 is 11.6 Å². The molecular weight excluding hydrogens is 270 g/mol. The van der Waals surface area contributed by atoms with Gasteiger partial charge in [0.05, 0.1) is 0 Å². The summed E-state index contributed by atoms with van der Waals surface area (Å²) in [5.74, 6) is 6.53. The standard InChI is InChI=1S/C17H10ClNO/c18-15-9-7-14(8-10-15)17-12-16(20-19-17)11-6-13-4-2-1-3-5-13/h1-5,7-10,12H. The molecule has 0 saturated carbocycles. The molecule has 2 aromatic carbocycles. The lowest BCUT2D eigenvalue weighted by atomic mass is 10.1. The zero-order chi connectivity index (χ0) is 13.8. The maximum atomic E-state index is 5.86. The molecule has 3 rings (SSSR count). The Hall–Kier alpha value is -2.50. The van der Waals surface area contributed by atoms with E-state index in [0.717, 1.165) is 16.8 Å². The average molecular weight is 280 g/mol. The van der Waals surface area contributed by atoms with Crippen molar-refractivity contribution in [3.8, 4) is 23.1 Å². The van der Waals surface area contributed by atoms with Crippen LogP contribution in [0.2, 0.25) is 5.02 Å². The number of aromatic nitrogens is 1. The third-order valence-electron chi connectivity index (χ3n) is 2.75. The monoisotopic (exact) mass is 279 g/mol. The van der Waals surface area contributed by atoms with Crippen molar-refractivity contribution in [3.63, 3.8) is 0 Å². The van der Waals surface area contributed by atoms with Crippen molar-refractivity contribution < 1.29 is 4.52 Å². The molecule has 0 saturated heterocycles. The van der Waals surface area contributed by atoms with Gasteiger partial charge in [-0.25, -0.2) is 0 Å². The Morgan fingerprint density at radius 1 is 0.900 bits per heavy atom. The van der Waals surface area contributed by atoms with Gasteiger partial charge >= 0.3 is 0 Å². The van der Waals surface area contributed by atoms with Gasteiger partial charge < -0.3 is 4.52 Å². The van der Waals surface area contributed by atoms with Crippen LogP contribution in [0.4, 0.5) is 0 Å². The summed E-state index contributed by atoms with van der Waals surface area (Å²) in [6.45, 7) is 0. The summed E-state index contributed by atoms with van der Waals surface area (Å²) in [7, 11) is 0. The van der Waals surface area contributed by atoms with Crippen LogP contribution in [0, 0.1) is 11.8 Å². The van der Waals surface area contributed by atoms with Crippen molar-refractivity contribution in [3.05, 3.63) is 77.0 Å². The number of halogens is 1. The van der Waals surface area contributed by atoms with Crippen LogP contribution in [-0.2, 0) is 0 Å². The van der Waals surface area contributed by atoms with Gasteiger partial charge in [0.1, 0.15) is 5.69 Å². The molecule has 0 fully saturated rings. The molecular formula is C17H10ClNO. The Kier molecular flexibility index (Phi) is 3.54. The average Bonchev–Trinajstić information content (AvgIpc) is 2.96. The molecule has 2 nitrogen and oxygen atoms in total. The predicted octanol–water partition coefficient (Wildman–Crippen LogP) is 4.39. The summed E-state index contributed by atoms with van der Waals surface area (Å²) in [4.78, 5) is 0. The van der Waals surface area contributed by atoms with Gasteiger partial charge in [0.15, 0.2) is 0 Å². The first-order chi connectivity index (χ1) is 9.81. The summed E-state index contributed by atoms with van der Waals surface area (Å²) >= 11 is 5.86. The van der Waals surface area contributed by atoms with Gasteiger partial charge in [-0.05, 0) is 30.2 Å². The van der Waals surface area contributed by atoms with E-state index in [1.165, 1.54) is 0 Å². The van der Waals surface area contributed by atoms with Crippen LogP contribution in [0.5, 0.6) is 0 Å². The normalized spacial score (nSPS) is 9.85. The fourth-order valence-corrected chi connectivity index (χ4v) is 1.87. The zero-order valence-electron chi connectivity index (χ0n) is 10.5. The first-order valence-corrected chi connectivity index (χ1v) is 6.49. The Balaban J connectivity index is 1.84. The van der Waals surface area contributed by atoms with Gasteiger partial charge in [-0.1, -0.05) is 53.0 Å². The fraction of sp³-hybridized carbons (Fsp3) is 0. The van der Waals surface area contributed by atoms with Crippen molar-refractivity contribution in [1.29, 1.82) is 0 Å². The summed E-state index contributed by atoms with van der Waals surface area (Å²) in [5.41, 5.74) is 2.64. The molecule has 1 aromatic heterocycles. The van der Waals surface area contributed by atoms with Crippen LogP contribution in [0.15, 0.2) is 65.2 Å². The van der Waals surface area contributed by atoms with Crippen LogP contribution in [0.25, 0.3) is 11.3 Å². The second-order valence-corrected chi connectivity index (χ2v) is 4.64. The Morgan fingerprint density at radius 3 is 2.40 bits per heavy atom. The zero-order valence-corrected chi connectivity index (χ0v) is 11.3. The van der Waals surface area contributed by atoms with Gasteiger partial charge in [-0.3, -0.25) is 0 Å². The number of hydrogen-bond donors (Lipinski definition) is 0. The Labute approximate surface area is 122 Å². The number of rotatable bonds is 1. The van der Waals surface area contributed by atoms with Gasteiger partial charge in [0.2, 0.25) is 5.76 Å². The van der Waals surface area contributed by atoms with Crippen molar-refractivity contribution in [1.82, 2.24) is 5.16 Å².